The molecule has 156 valence electrons. The van der Waals surface area contributed by atoms with Gasteiger partial charge in [-0.05, 0) is 36.2 Å². The zero-order chi connectivity index (χ0) is 20.8. The van der Waals surface area contributed by atoms with Gasteiger partial charge < -0.3 is 19.9 Å². The van der Waals surface area contributed by atoms with Gasteiger partial charge in [0, 0.05) is 38.0 Å². The number of nitrogens with zero attached hydrogens (tertiary/aromatic N) is 2. The van der Waals surface area contributed by atoms with Crippen molar-refractivity contribution in [1.29, 1.82) is 0 Å². The molecule has 1 fully saturated rings. The topological polar surface area (TPSA) is 87.3 Å². The number of amides is 2. The number of benzene rings is 2. The van der Waals surface area contributed by atoms with Crippen LogP contribution in [0.2, 0.25) is 0 Å². The first-order valence-corrected chi connectivity index (χ1v) is 10.4. The third kappa shape index (κ3) is 5.24. The monoisotopic (exact) mass is 406 g/mol. The van der Waals surface area contributed by atoms with Crippen molar-refractivity contribution in [2.75, 3.05) is 31.6 Å². The Morgan fingerprint density at radius 2 is 1.87 bits per heavy atom. The molecule has 4 rings (SSSR count). The average Bonchev–Trinajstić information content (AvgIpc) is 3.20. The Bertz CT molecular complexity index is 991. The fourth-order valence-electron chi connectivity index (χ4n) is 3.61. The number of hydrogen-bond donors (Lipinski definition) is 2. The Hall–Kier alpha value is -3.19. The Labute approximate surface area is 175 Å². The summed E-state index contributed by atoms with van der Waals surface area (Å²) in [7, 11) is 0. The highest BCUT2D eigenvalue weighted by atomic mass is 16.5. The first-order valence-electron chi connectivity index (χ1n) is 10.4. The number of aromatic amines is 1. The number of fused-ring (bicyclic) bond motifs is 1. The first-order chi connectivity index (χ1) is 14.7. The van der Waals surface area contributed by atoms with Gasteiger partial charge in [0.15, 0.2) is 0 Å². The second kappa shape index (κ2) is 9.54. The van der Waals surface area contributed by atoms with Crippen molar-refractivity contribution in [3.8, 4) is 0 Å². The maximum Gasteiger partial charge on any atom is 0.224 e. The normalized spacial score (nSPS) is 14.1. The summed E-state index contributed by atoms with van der Waals surface area (Å²) >= 11 is 0. The number of carbonyl (C=O) groups excluding carboxylic acids is 2. The van der Waals surface area contributed by atoms with E-state index in [0.29, 0.717) is 26.3 Å². The molecule has 3 aromatic rings. The van der Waals surface area contributed by atoms with Crippen LogP contribution in [0.5, 0.6) is 0 Å². The van der Waals surface area contributed by atoms with Crippen LogP contribution in [0.25, 0.3) is 11.0 Å². The number of hydrogen-bond acceptors (Lipinski definition) is 4. The fraction of sp³-hybridized carbons (Fsp3) is 0.348. The maximum atomic E-state index is 12.3. The minimum Gasteiger partial charge on any atom is -0.378 e. The van der Waals surface area contributed by atoms with E-state index in [9.17, 15) is 9.59 Å². The third-order valence-electron chi connectivity index (χ3n) is 5.23. The van der Waals surface area contributed by atoms with Crippen molar-refractivity contribution in [2.24, 2.45) is 0 Å². The maximum absolute atomic E-state index is 12.3. The molecule has 1 saturated heterocycles. The number of aromatic nitrogens is 2. The van der Waals surface area contributed by atoms with Crippen molar-refractivity contribution in [3.05, 3.63) is 59.9 Å². The number of para-hydroxylation sites is 2. The van der Waals surface area contributed by atoms with E-state index in [1.165, 1.54) is 0 Å². The zero-order valence-corrected chi connectivity index (χ0v) is 16.9. The number of H-pyrrole nitrogens is 1. The minimum absolute atomic E-state index is 0.00744. The SMILES string of the molecule is O=C(CCC(=O)N1CCOCC1)Nc1cccc(CCc2nc3ccccc3[nH]2)c1. The van der Waals surface area contributed by atoms with Gasteiger partial charge in [-0.25, -0.2) is 4.98 Å². The van der Waals surface area contributed by atoms with Crippen LogP contribution in [0, 0.1) is 0 Å². The number of carbonyl (C=O) groups is 2. The molecule has 1 aromatic heterocycles. The summed E-state index contributed by atoms with van der Waals surface area (Å²) < 4.78 is 5.25. The van der Waals surface area contributed by atoms with Crippen molar-refractivity contribution in [1.82, 2.24) is 14.9 Å². The number of anilines is 1. The third-order valence-corrected chi connectivity index (χ3v) is 5.23. The highest BCUT2D eigenvalue weighted by Crippen LogP contribution is 2.15. The van der Waals surface area contributed by atoms with E-state index in [4.69, 9.17) is 4.74 Å². The number of aryl methyl sites for hydroxylation is 2. The summed E-state index contributed by atoms with van der Waals surface area (Å²) in [4.78, 5) is 34.2. The van der Waals surface area contributed by atoms with E-state index in [1.54, 1.807) is 4.90 Å². The number of rotatable bonds is 7. The average molecular weight is 406 g/mol. The van der Waals surface area contributed by atoms with E-state index >= 15 is 0 Å². The quantitative estimate of drug-likeness (QED) is 0.632. The smallest absolute Gasteiger partial charge is 0.224 e. The number of nitrogens with one attached hydrogen (secondary N) is 2. The number of morpholine rings is 1. The number of imidazole rings is 1. The van der Waals surface area contributed by atoms with E-state index in [0.717, 1.165) is 41.0 Å². The molecule has 2 heterocycles. The molecule has 7 heteroatoms. The molecule has 2 aromatic carbocycles. The summed E-state index contributed by atoms with van der Waals surface area (Å²) in [6.07, 6.45) is 2.01. The van der Waals surface area contributed by atoms with Crippen molar-refractivity contribution in [3.63, 3.8) is 0 Å². The van der Waals surface area contributed by atoms with Crippen molar-refractivity contribution >= 4 is 28.5 Å². The lowest BCUT2D eigenvalue weighted by atomic mass is 10.1. The lowest BCUT2D eigenvalue weighted by Crippen LogP contribution is -2.40. The molecule has 1 aliphatic rings. The lowest BCUT2D eigenvalue weighted by molar-refractivity contribution is -0.136. The van der Waals surface area contributed by atoms with Crippen LogP contribution in [0.4, 0.5) is 5.69 Å². The Kier molecular flexibility index (Phi) is 6.39. The van der Waals surface area contributed by atoms with Crippen LogP contribution >= 0.6 is 0 Å². The van der Waals surface area contributed by atoms with Crippen molar-refractivity contribution in [2.45, 2.75) is 25.7 Å². The van der Waals surface area contributed by atoms with Gasteiger partial charge >= 0.3 is 0 Å². The van der Waals surface area contributed by atoms with Gasteiger partial charge in [-0.3, -0.25) is 9.59 Å². The summed E-state index contributed by atoms with van der Waals surface area (Å²) in [5, 5.41) is 2.90. The van der Waals surface area contributed by atoms with Crippen LogP contribution in [0.15, 0.2) is 48.5 Å². The molecule has 0 radical (unpaired) electrons. The largest absolute Gasteiger partial charge is 0.378 e. The molecule has 0 aliphatic carbocycles. The predicted molar refractivity (Wildman–Crippen MR) is 115 cm³/mol. The molecule has 2 N–H and O–H groups in total. The van der Waals surface area contributed by atoms with Gasteiger partial charge in [0.2, 0.25) is 11.8 Å². The minimum atomic E-state index is -0.147. The molecule has 0 bridgehead atoms. The van der Waals surface area contributed by atoms with E-state index < -0.39 is 0 Å². The number of ether oxygens (including phenoxy) is 1. The fourth-order valence-corrected chi connectivity index (χ4v) is 3.61. The van der Waals surface area contributed by atoms with Crippen LogP contribution in [0.1, 0.15) is 24.2 Å². The Morgan fingerprint density at radius 1 is 1.03 bits per heavy atom. The second-order valence-electron chi connectivity index (χ2n) is 7.44. The molecule has 1 aliphatic heterocycles. The molecule has 30 heavy (non-hydrogen) atoms. The first kappa shape index (κ1) is 20.1. The highest BCUT2D eigenvalue weighted by molar-refractivity contribution is 5.93. The van der Waals surface area contributed by atoms with Crippen LogP contribution in [-0.4, -0.2) is 53.0 Å². The molecule has 0 saturated carbocycles. The molecular weight excluding hydrogens is 380 g/mol. The molecule has 7 nitrogen and oxygen atoms in total. The van der Waals surface area contributed by atoms with Gasteiger partial charge in [0.1, 0.15) is 5.82 Å². The zero-order valence-electron chi connectivity index (χ0n) is 16.9. The lowest BCUT2D eigenvalue weighted by Gasteiger charge is -2.26. The Morgan fingerprint density at radius 3 is 2.70 bits per heavy atom. The van der Waals surface area contributed by atoms with Crippen LogP contribution in [-0.2, 0) is 27.2 Å². The molecule has 0 spiro atoms. The standard InChI is InChI=1S/C23H26N4O3/c28-22(10-11-23(29)27-12-14-30-15-13-27)24-18-5-3-4-17(16-18)8-9-21-25-19-6-1-2-7-20(19)26-21/h1-7,16H,8-15H2,(H,24,28)(H,25,26). The molecule has 2 amide bonds. The van der Waals surface area contributed by atoms with Gasteiger partial charge in [0.05, 0.1) is 24.2 Å². The second-order valence-corrected chi connectivity index (χ2v) is 7.44. The highest BCUT2D eigenvalue weighted by Gasteiger charge is 2.17. The molecular formula is C23H26N4O3. The van der Waals surface area contributed by atoms with Gasteiger partial charge in [-0.1, -0.05) is 24.3 Å². The van der Waals surface area contributed by atoms with E-state index in [1.807, 2.05) is 48.5 Å². The van der Waals surface area contributed by atoms with Gasteiger partial charge in [-0.2, -0.15) is 0 Å². The summed E-state index contributed by atoms with van der Waals surface area (Å²) in [5.74, 6) is 0.811. The summed E-state index contributed by atoms with van der Waals surface area (Å²) in [6, 6.07) is 15.8. The summed E-state index contributed by atoms with van der Waals surface area (Å²) in [5.41, 5.74) is 3.89. The van der Waals surface area contributed by atoms with E-state index in [2.05, 4.69) is 15.3 Å². The predicted octanol–water partition coefficient (Wildman–Crippen LogP) is 2.93. The van der Waals surface area contributed by atoms with Gasteiger partial charge in [-0.15, -0.1) is 0 Å². The van der Waals surface area contributed by atoms with Crippen molar-refractivity contribution < 1.29 is 14.3 Å². The molecule has 0 atom stereocenters. The Balaban J connectivity index is 1.27. The van der Waals surface area contributed by atoms with Crippen LogP contribution < -0.4 is 5.32 Å². The van der Waals surface area contributed by atoms with Crippen LogP contribution in [0.3, 0.4) is 0 Å². The summed E-state index contributed by atoms with van der Waals surface area (Å²) in [6.45, 7) is 2.35. The van der Waals surface area contributed by atoms with E-state index in [-0.39, 0.29) is 24.7 Å². The molecule has 0 unspecified atom stereocenters. The van der Waals surface area contributed by atoms with Gasteiger partial charge in [0.25, 0.3) is 0 Å².